The highest BCUT2D eigenvalue weighted by Crippen LogP contribution is 2.11. The molecule has 0 spiro atoms. The van der Waals surface area contributed by atoms with Gasteiger partial charge in [0.2, 0.25) is 5.91 Å². The highest BCUT2D eigenvalue weighted by molar-refractivity contribution is 5.94. The maximum absolute atomic E-state index is 11.0. The Balaban J connectivity index is 2.12. The largest absolute Gasteiger partial charge is 0.492 e. The van der Waals surface area contributed by atoms with Crippen molar-refractivity contribution < 1.29 is 14.3 Å². The number of amides is 3. The Morgan fingerprint density at radius 3 is 2.83 bits per heavy atom. The molecule has 0 heterocycles. The summed E-state index contributed by atoms with van der Waals surface area (Å²) in [5.41, 5.74) is 5.92. The number of ether oxygens (including phenoxy) is 1. The van der Waals surface area contributed by atoms with Gasteiger partial charge in [-0.2, -0.15) is 0 Å². The van der Waals surface area contributed by atoms with Crippen LogP contribution in [0.4, 0.5) is 4.79 Å². The van der Waals surface area contributed by atoms with Gasteiger partial charge in [-0.25, -0.2) is 4.79 Å². The van der Waals surface area contributed by atoms with E-state index in [1.165, 1.54) is 0 Å². The predicted molar refractivity (Wildman–Crippen MR) is 67.3 cm³/mol. The Bertz CT molecular complexity index is 421. The van der Waals surface area contributed by atoms with Gasteiger partial charge >= 0.3 is 6.03 Å². The number of carbonyl (C=O) groups excluding carboxylic acids is 2. The summed E-state index contributed by atoms with van der Waals surface area (Å²) in [5.74, 6) is 0.330. The first-order chi connectivity index (χ1) is 8.58. The zero-order valence-corrected chi connectivity index (χ0v) is 10.2. The van der Waals surface area contributed by atoms with Gasteiger partial charge in [0.05, 0.1) is 6.54 Å². The van der Waals surface area contributed by atoms with Crippen LogP contribution in [0.25, 0.3) is 0 Å². The minimum Gasteiger partial charge on any atom is -0.492 e. The number of imide groups is 1. The lowest BCUT2D eigenvalue weighted by Crippen LogP contribution is -2.41. The van der Waals surface area contributed by atoms with Crippen molar-refractivity contribution in [1.29, 1.82) is 0 Å². The minimum absolute atomic E-state index is 0.0279. The lowest BCUT2D eigenvalue weighted by atomic mass is 10.2. The molecule has 0 unspecified atom stereocenters. The normalized spacial score (nSPS) is 9.83. The van der Waals surface area contributed by atoms with Gasteiger partial charge in [0, 0.05) is 6.54 Å². The highest BCUT2D eigenvalue weighted by Gasteiger charge is 2.02. The standard InChI is InChI=1S/C12H17N3O3/c1-9-3-2-4-10(7-9)18-6-5-14-8-11(16)15-12(13)17/h2-4,7,14H,5-6,8H2,1H3,(H3,13,15,16,17). The van der Waals surface area contributed by atoms with Crippen molar-refractivity contribution in [1.82, 2.24) is 10.6 Å². The predicted octanol–water partition coefficient (Wildman–Crippen LogP) is 0.158. The lowest BCUT2D eigenvalue weighted by molar-refractivity contribution is -0.119. The van der Waals surface area contributed by atoms with Gasteiger partial charge in [0.1, 0.15) is 12.4 Å². The molecular formula is C12H17N3O3. The van der Waals surface area contributed by atoms with Gasteiger partial charge in [-0.3, -0.25) is 10.1 Å². The number of hydrogen-bond acceptors (Lipinski definition) is 4. The van der Waals surface area contributed by atoms with E-state index in [9.17, 15) is 9.59 Å². The average molecular weight is 251 g/mol. The van der Waals surface area contributed by atoms with Crippen LogP contribution >= 0.6 is 0 Å². The third-order valence-corrected chi connectivity index (χ3v) is 2.09. The van der Waals surface area contributed by atoms with E-state index in [4.69, 9.17) is 10.5 Å². The molecule has 0 saturated carbocycles. The lowest BCUT2D eigenvalue weighted by Gasteiger charge is -2.07. The molecule has 1 rings (SSSR count). The molecule has 98 valence electrons. The molecule has 3 amide bonds. The average Bonchev–Trinajstić information content (AvgIpc) is 2.27. The molecule has 6 nitrogen and oxygen atoms in total. The van der Waals surface area contributed by atoms with E-state index in [-0.39, 0.29) is 6.54 Å². The zero-order chi connectivity index (χ0) is 13.4. The van der Waals surface area contributed by atoms with E-state index < -0.39 is 11.9 Å². The first-order valence-corrected chi connectivity index (χ1v) is 5.57. The Morgan fingerprint density at radius 2 is 2.17 bits per heavy atom. The number of rotatable bonds is 6. The molecule has 0 aliphatic rings. The van der Waals surface area contributed by atoms with Crippen LogP contribution in [0.5, 0.6) is 5.75 Å². The molecule has 1 aromatic carbocycles. The van der Waals surface area contributed by atoms with Crippen LogP contribution in [-0.2, 0) is 4.79 Å². The van der Waals surface area contributed by atoms with E-state index in [2.05, 4.69) is 5.32 Å². The SMILES string of the molecule is Cc1cccc(OCCNCC(=O)NC(N)=O)c1. The third-order valence-electron chi connectivity index (χ3n) is 2.09. The maximum Gasteiger partial charge on any atom is 0.318 e. The van der Waals surface area contributed by atoms with Crippen molar-refractivity contribution in [3.05, 3.63) is 29.8 Å². The third kappa shape index (κ3) is 5.86. The summed E-state index contributed by atoms with van der Waals surface area (Å²) in [7, 11) is 0. The fraction of sp³-hybridized carbons (Fsp3) is 0.333. The van der Waals surface area contributed by atoms with E-state index in [0.29, 0.717) is 13.2 Å². The smallest absolute Gasteiger partial charge is 0.318 e. The highest BCUT2D eigenvalue weighted by atomic mass is 16.5. The van der Waals surface area contributed by atoms with Crippen molar-refractivity contribution in [2.24, 2.45) is 5.73 Å². The van der Waals surface area contributed by atoms with Gasteiger partial charge in [-0.15, -0.1) is 0 Å². The van der Waals surface area contributed by atoms with Crippen molar-refractivity contribution in [3.63, 3.8) is 0 Å². The van der Waals surface area contributed by atoms with Crippen LogP contribution in [0.1, 0.15) is 5.56 Å². The number of primary amides is 1. The number of aryl methyl sites for hydroxylation is 1. The summed E-state index contributed by atoms with van der Waals surface area (Å²) in [6.45, 7) is 2.95. The topological polar surface area (TPSA) is 93.4 Å². The Morgan fingerprint density at radius 1 is 1.39 bits per heavy atom. The fourth-order valence-corrected chi connectivity index (χ4v) is 1.33. The number of hydrogen-bond donors (Lipinski definition) is 3. The summed E-state index contributed by atoms with van der Waals surface area (Å²) in [4.78, 5) is 21.4. The molecule has 1 aromatic rings. The zero-order valence-electron chi connectivity index (χ0n) is 10.2. The second kappa shape index (κ2) is 7.29. The van der Waals surface area contributed by atoms with E-state index in [0.717, 1.165) is 11.3 Å². The van der Waals surface area contributed by atoms with Crippen molar-refractivity contribution in [3.8, 4) is 5.75 Å². The van der Waals surface area contributed by atoms with Gasteiger partial charge in [0.15, 0.2) is 0 Å². The van der Waals surface area contributed by atoms with Gasteiger partial charge in [-0.05, 0) is 24.6 Å². The summed E-state index contributed by atoms with van der Waals surface area (Å²) < 4.78 is 5.46. The molecule has 0 saturated heterocycles. The van der Waals surface area contributed by atoms with Gasteiger partial charge in [-0.1, -0.05) is 12.1 Å². The molecule has 0 aliphatic heterocycles. The molecule has 4 N–H and O–H groups in total. The van der Waals surface area contributed by atoms with Crippen LogP contribution in [0.2, 0.25) is 0 Å². The molecule has 6 heteroatoms. The molecule has 0 aromatic heterocycles. The van der Waals surface area contributed by atoms with Crippen LogP contribution in [0.3, 0.4) is 0 Å². The number of nitrogens with two attached hydrogens (primary N) is 1. The molecule has 0 radical (unpaired) electrons. The molecule has 0 bridgehead atoms. The van der Waals surface area contributed by atoms with Crippen LogP contribution in [0.15, 0.2) is 24.3 Å². The van der Waals surface area contributed by atoms with E-state index in [1.807, 2.05) is 36.5 Å². The summed E-state index contributed by atoms with van der Waals surface area (Å²) in [5, 5.41) is 4.79. The summed E-state index contributed by atoms with van der Waals surface area (Å²) >= 11 is 0. The minimum atomic E-state index is -0.849. The molecule has 0 fully saturated rings. The quantitative estimate of drug-likeness (QED) is 0.628. The fourth-order valence-electron chi connectivity index (χ4n) is 1.33. The van der Waals surface area contributed by atoms with Crippen molar-refractivity contribution >= 4 is 11.9 Å². The molecule has 0 atom stereocenters. The van der Waals surface area contributed by atoms with E-state index in [1.54, 1.807) is 0 Å². The molecule has 0 aliphatic carbocycles. The second-order valence-corrected chi connectivity index (χ2v) is 3.75. The summed E-state index contributed by atoms with van der Waals surface area (Å²) in [6, 6.07) is 6.85. The Hall–Kier alpha value is -2.08. The molecular weight excluding hydrogens is 234 g/mol. The van der Waals surface area contributed by atoms with Crippen LogP contribution < -0.4 is 21.1 Å². The van der Waals surface area contributed by atoms with Gasteiger partial charge in [0.25, 0.3) is 0 Å². The van der Waals surface area contributed by atoms with Crippen LogP contribution in [-0.4, -0.2) is 31.6 Å². The van der Waals surface area contributed by atoms with Crippen molar-refractivity contribution in [2.75, 3.05) is 19.7 Å². The number of urea groups is 1. The number of carbonyl (C=O) groups is 2. The van der Waals surface area contributed by atoms with Crippen LogP contribution in [0, 0.1) is 6.92 Å². The first-order valence-electron chi connectivity index (χ1n) is 5.57. The van der Waals surface area contributed by atoms with Crippen molar-refractivity contribution in [2.45, 2.75) is 6.92 Å². The molecule has 18 heavy (non-hydrogen) atoms. The number of nitrogens with one attached hydrogen (secondary N) is 2. The monoisotopic (exact) mass is 251 g/mol. The summed E-state index contributed by atoms with van der Waals surface area (Å²) in [6.07, 6.45) is 0. The van der Waals surface area contributed by atoms with Gasteiger partial charge < -0.3 is 15.8 Å². The maximum atomic E-state index is 11.0. The second-order valence-electron chi connectivity index (χ2n) is 3.75. The number of benzene rings is 1. The van der Waals surface area contributed by atoms with E-state index >= 15 is 0 Å². The Kier molecular flexibility index (Phi) is 5.66. The first kappa shape index (κ1) is 14.0. The Labute approximate surface area is 105 Å².